The highest BCUT2D eigenvalue weighted by Crippen LogP contribution is 2.11. The zero-order valence-corrected chi connectivity index (χ0v) is 15.1. The van der Waals surface area contributed by atoms with Gasteiger partial charge in [0, 0.05) is 6.42 Å². The maximum atomic E-state index is 11.8. The summed E-state index contributed by atoms with van der Waals surface area (Å²) in [5.74, 6) is -1.27. The van der Waals surface area contributed by atoms with Crippen molar-refractivity contribution in [1.29, 1.82) is 0 Å². The van der Waals surface area contributed by atoms with E-state index in [1.54, 1.807) is 0 Å². The Hall–Kier alpha value is -1.14. The van der Waals surface area contributed by atoms with Gasteiger partial charge in [0.05, 0.1) is 33.7 Å². The van der Waals surface area contributed by atoms with E-state index < -0.39 is 12.1 Å². The number of hydrogen-bond acceptors (Lipinski definition) is 4. The largest absolute Gasteiger partial charge is 0.481 e. The van der Waals surface area contributed by atoms with Gasteiger partial charge in [0.25, 0.3) is 0 Å². The quantitative estimate of drug-likeness (QED) is 0.307. The summed E-state index contributed by atoms with van der Waals surface area (Å²) in [7, 11) is 5.81. The smallest absolute Gasteiger partial charge is 0.307 e. The Morgan fingerprint density at radius 1 is 1.09 bits per heavy atom. The Bertz CT molecular complexity index is 351. The SMILES string of the molecule is CCC(O)CCCCCCC(=O)OC(CC(=O)O)C[N+](C)(C)C. The molecule has 0 aliphatic heterocycles. The van der Waals surface area contributed by atoms with Gasteiger partial charge >= 0.3 is 11.9 Å². The van der Waals surface area contributed by atoms with Gasteiger partial charge in [-0.3, -0.25) is 9.59 Å². The number of rotatable bonds is 13. The number of carboxylic acid groups (broad SMARTS) is 1. The number of carboxylic acids is 1. The Balaban J connectivity index is 3.97. The molecule has 0 aliphatic rings. The van der Waals surface area contributed by atoms with Crippen LogP contribution in [0.2, 0.25) is 0 Å². The molecule has 0 aromatic rings. The minimum Gasteiger partial charge on any atom is -0.481 e. The standard InChI is InChI=1S/C17H33NO5/c1-5-14(19)10-8-6-7-9-11-17(22)23-15(12-16(20)21)13-18(2,3)4/h14-15,19H,5-13H2,1-4H3/p+1. The number of aliphatic hydroxyl groups is 1. The molecule has 2 atom stereocenters. The fourth-order valence-electron chi connectivity index (χ4n) is 2.40. The monoisotopic (exact) mass is 332 g/mol. The molecule has 0 rings (SSSR count). The van der Waals surface area contributed by atoms with Gasteiger partial charge < -0.3 is 19.4 Å². The number of unbranched alkanes of at least 4 members (excludes halogenated alkanes) is 3. The van der Waals surface area contributed by atoms with E-state index in [1.165, 1.54) is 0 Å². The molecule has 136 valence electrons. The number of esters is 1. The molecule has 0 saturated carbocycles. The average molecular weight is 332 g/mol. The van der Waals surface area contributed by atoms with Crippen LogP contribution in [-0.4, -0.2) is 66.5 Å². The predicted molar refractivity (Wildman–Crippen MR) is 89.0 cm³/mol. The molecular weight excluding hydrogens is 298 g/mol. The van der Waals surface area contributed by atoms with Crippen molar-refractivity contribution in [1.82, 2.24) is 0 Å². The molecule has 6 heteroatoms. The van der Waals surface area contributed by atoms with Gasteiger partial charge in [-0.2, -0.15) is 0 Å². The summed E-state index contributed by atoms with van der Waals surface area (Å²) < 4.78 is 5.87. The summed E-state index contributed by atoms with van der Waals surface area (Å²) in [6.45, 7) is 2.44. The van der Waals surface area contributed by atoms with Gasteiger partial charge in [0.1, 0.15) is 6.54 Å². The third-order valence-corrected chi connectivity index (χ3v) is 3.59. The van der Waals surface area contributed by atoms with Crippen LogP contribution in [0.3, 0.4) is 0 Å². The maximum Gasteiger partial charge on any atom is 0.307 e. The van der Waals surface area contributed by atoms with Gasteiger partial charge in [0.15, 0.2) is 6.10 Å². The first-order valence-corrected chi connectivity index (χ1v) is 8.53. The lowest BCUT2D eigenvalue weighted by Crippen LogP contribution is -2.43. The van der Waals surface area contributed by atoms with Gasteiger partial charge in [-0.15, -0.1) is 0 Å². The summed E-state index contributed by atoms with van der Waals surface area (Å²) >= 11 is 0. The average Bonchev–Trinajstić information content (AvgIpc) is 2.39. The highest BCUT2D eigenvalue weighted by molar-refractivity contribution is 5.71. The second-order valence-electron chi connectivity index (χ2n) is 7.20. The van der Waals surface area contributed by atoms with Crippen molar-refractivity contribution in [3.63, 3.8) is 0 Å². The Labute approximate surface area is 140 Å². The minimum atomic E-state index is -0.953. The Morgan fingerprint density at radius 3 is 2.22 bits per heavy atom. The van der Waals surface area contributed by atoms with Crippen molar-refractivity contribution >= 4 is 11.9 Å². The van der Waals surface area contributed by atoms with Crippen LogP contribution in [-0.2, 0) is 14.3 Å². The molecule has 0 saturated heterocycles. The second-order valence-corrected chi connectivity index (χ2v) is 7.20. The summed E-state index contributed by atoms with van der Waals surface area (Å²) in [6.07, 6.45) is 4.58. The lowest BCUT2D eigenvalue weighted by Gasteiger charge is -2.28. The van der Waals surface area contributed by atoms with E-state index in [4.69, 9.17) is 9.84 Å². The predicted octanol–water partition coefficient (Wildman–Crippen LogP) is 2.19. The van der Waals surface area contributed by atoms with Crippen LogP contribution in [0.15, 0.2) is 0 Å². The number of quaternary nitrogens is 1. The van der Waals surface area contributed by atoms with Gasteiger partial charge in [-0.05, 0) is 19.3 Å². The van der Waals surface area contributed by atoms with Crippen LogP contribution in [0.1, 0.15) is 58.3 Å². The summed E-state index contributed by atoms with van der Waals surface area (Å²) in [4.78, 5) is 22.7. The number of aliphatic hydroxyl groups excluding tert-OH is 1. The minimum absolute atomic E-state index is 0.157. The highest BCUT2D eigenvalue weighted by Gasteiger charge is 2.24. The van der Waals surface area contributed by atoms with E-state index in [1.807, 2.05) is 28.1 Å². The van der Waals surface area contributed by atoms with E-state index in [-0.39, 0.29) is 18.5 Å². The number of likely N-dealkylation sites (N-methyl/N-ethyl adjacent to an activating group) is 1. The summed E-state index contributed by atoms with van der Waals surface area (Å²) in [6, 6.07) is 0. The number of nitrogens with zero attached hydrogens (tertiary/aromatic N) is 1. The molecule has 0 aliphatic carbocycles. The Morgan fingerprint density at radius 2 is 1.70 bits per heavy atom. The van der Waals surface area contributed by atoms with Crippen molar-refractivity contribution in [3.8, 4) is 0 Å². The zero-order chi connectivity index (χ0) is 17.9. The molecule has 2 N–H and O–H groups in total. The molecule has 2 unspecified atom stereocenters. The first-order valence-electron chi connectivity index (χ1n) is 8.53. The summed E-state index contributed by atoms with van der Waals surface area (Å²) in [5.41, 5.74) is 0. The number of aliphatic carboxylic acids is 1. The maximum absolute atomic E-state index is 11.8. The lowest BCUT2D eigenvalue weighted by atomic mass is 10.1. The van der Waals surface area contributed by atoms with Crippen molar-refractivity contribution in [2.24, 2.45) is 0 Å². The van der Waals surface area contributed by atoms with Crippen LogP contribution in [0.4, 0.5) is 0 Å². The zero-order valence-electron chi connectivity index (χ0n) is 15.1. The van der Waals surface area contributed by atoms with E-state index >= 15 is 0 Å². The van der Waals surface area contributed by atoms with Crippen LogP contribution in [0, 0.1) is 0 Å². The topological polar surface area (TPSA) is 83.8 Å². The van der Waals surface area contributed by atoms with Crippen LogP contribution < -0.4 is 0 Å². The van der Waals surface area contributed by atoms with E-state index in [0.717, 1.165) is 38.5 Å². The lowest BCUT2D eigenvalue weighted by molar-refractivity contribution is -0.873. The summed E-state index contributed by atoms with van der Waals surface area (Å²) in [5, 5.41) is 18.4. The van der Waals surface area contributed by atoms with Crippen molar-refractivity contribution in [3.05, 3.63) is 0 Å². The third kappa shape index (κ3) is 14.2. The van der Waals surface area contributed by atoms with Crippen molar-refractivity contribution < 1.29 is 29.0 Å². The van der Waals surface area contributed by atoms with Gasteiger partial charge in [-0.25, -0.2) is 0 Å². The Kier molecular flexibility index (Phi) is 10.8. The van der Waals surface area contributed by atoms with E-state index in [0.29, 0.717) is 17.4 Å². The molecule has 0 fully saturated rings. The van der Waals surface area contributed by atoms with Crippen molar-refractivity contribution in [2.75, 3.05) is 27.7 Å². The molecule has 0 heterocycles. The molecule has 0 radical (unpaired) electrons. The number of ether oxygens (including phenoxy) is 1. The molecule has 0 amide bonds. The fourth-order valence-corrected chi connectivity index (χ4v) is 2.40. The second kappa shape index (κ2) is 11.4. The van der Waals surface area contributed by atoms with Crippen LogP contribution in [0.25, 0.3) is 0 Å². The molecule has 0 spiro atoms. The molecule has 0 aromatic carbocycles. The molecular formula is C17H34NO5+. The molecule has 6 nitrogen and oxygen atoms in total. The van der Waals surface area contributed by atoms with Gasteiger partial charge in [-0.1, -0.05) is 26.2 Å². The third-order valence-electron chi connectivity index (χ3n) is 3.59. The molecule has 0 bridgehead atoms. The van der Waals surface area contributed by atoms with Crippen LogP contribution in [0.5, 0.6) is 0 Å². The van der Waals surface area contributed by atoms with E-state index in [2.05, 4.69) is 0 Å². The van der Waals surface area contributed by atoms with E-state index in [9.17, 15) is 14.7 Å². The normalized spacial score (nSPS) is 14.3. The first kappa shape index (κ1) is 21.9. The fraction of sp³-hybridized carbons (Fsp3) is 0.882. The number of carbonyl (C=O) groups is 2. The first-order chi connectivity index (χ1) is 10.6. The highest BCUT2D eigenvalue weighted by atomic mass is 16.5. The molecule has 23 heavy (non-hydrogen) atoms. The van der Waals surface area contributed by atoms with Crippen LogP contribution >= 0.6 is 0 Å². The number of hydrogen-bond donors (Lipinski definition) is 2. The van der Waals surface area contributed by atoms with Crippen molar-refractivity contribution in [2.45, 2.75) is 70.5 Å². The molecule has 0 aromatic heterocycles. The number of carbonyl (C=O) groups excluding carboxylic acids is 1. The van der Waals surface area contributed by atoms with Gasteiger partial charge in [0.2, 0.25) is 0 Å².